The van der Waals surface area contributed by atoms with Crippen LogP contribution >= 0.6 is 0 Å². The molecule has 21 heavy (non-hydrogen) atoms. The van der Waals surface area contributed by atoms with Crippen LogP contribution in [-0.2, 0) is 22.5 Å². The summed E-state index contributed by atoms with van der Waals surface area (Å²) in [5.41, 5.74) is -0.979. The minimum atomic E-state index is -1.30. The summed E-state index contributed by atoms with van der Waals surface area (Å²) in [6.45, 7) is 6.83. The van der Waals surface area contributed by atoms with Crippen molar-refractivity contribution in [3.63, 3.8) is 0 Å². The third-order valence-electron chi connectivity index (χ3n) is 2.63. The minimum Gasteiger partial charge on any atom is -0.477 e. The second-order valence-electron chi connectivity index (χ2n) is 5.84. The van der Waals surface area contributed by atoms with E-state index in [-0.39, 0.29) is 12.1 Å². The smallest absolute Gasteiger partial charge is 0.341 e. The Morgan fingerprint density at radius 1 is 1.33 bits per heavy atom. The van der Waals surface area contributed by atoms with Crippen molar-refractivity contribution in [2.24, 2.45) is 0 Å². The largest absolute Gasteiger partial charge is 0.477 e. The zero-order valence-corrected chi connectivity index (χ0v) is 12.8. The molecular formula is C15H21NO5. The molecule has 0 aliphatic rings. The Kier molecular flexibility index (Phi) is 5.29. The molecule has 0 bridgehead atoms. The van der Waals surface area contributed by atoms with Gasteiger partial charge in [0, 0.05) is 6.20 Å². The number of carboxylic acids is 1. The highest BCUT2D eigenvalue weighted by Gasteiger charge is 2.19. The molecule has 0 saturated carbocycles. The molecule has 1 N–H and O–H groups in total. The maximum absolute atomic E-state index is 12.0. The second-order valence-corrected chi connectivity index (χ2v) is 5.84. The van der Waals surface area contributed by atoms with Gasteiger partial charge in [0.1, 0.15) is 17.7 Å². The van der Waals surface area contributed by atoms with Crippen molar-refractivity contribution >= 4 is 11.9 Å². The van der Waals surface area contributed by atoms with E-state index in [1.54, 1.807) is 20.8 Å². The lowest BCUT2D eigenvalue weighted by Gasteiger charge is -2.20. The van der Waals surface area contributed by atoms with E-state index in [0.717, 1.165) is 11.0 Å². The molecular weight excluding hydrogens is 274 g/mol. The van der Waals surface area contributed by atoms with Crippen molar-refractivity contribution in [1.29, 1.82) is 0 Å². The molecule has 1 aromatic heterocycles. The van der Waals surface area contributed by atoms with Crippen LogP contribution in [0.3, 0.4) is 0 Å². The van der Waals surface area contributed by atoms with Crippen LogP contribution in [0.1, 0.15) is 50.0 Å². The van der Waals surface area contributed by atoms with Crippen molar-refractivity contribution in [3.8, 4) is 0 Å². The Morgan fingerprint density at radius 2 is 1.95 bits per heavy atom. The van der Waals surface area contributed by atoms with Crippen molar-refractivity contribution < 1.29 is 19.4 Å². The zero-order valence-electron chi connectivity index (χ0n) is 12.8. The average molecular weight is 295 g/mol. The van der Waals surface area contributed by atoms with Crippen LogP contribution in [0.4, 0.5) is 0 Å². The van der Waals surface area contributed by atoms with E-state index in [2.05, 4.69) is 0 Å². The highest BCUT2D eigenvalue weighted by atomic mass is 16.6. The highest BCUT2D eigenvalue weighted by Crippen LogP contribution is 2.09. The molecule has 0 fully saturated rings. The summed E-state index contributed by atoms with van der Waals surface area (Å²) >= 11 is 0. The summed E-state index contributed by atoms with van der Waals surface area (Å²) < 4.78 is 6.25. The first-order valence-electron chi connectivity index (χ1n) is 6.82. The summed E-state index contributed by atoms with van der Waals surface area (Å²) in [4.78, 5) is 35.0. The lowest BCUT2D eigenvalue weighted by molar-refractivity contribution is -0.155. The molecule has 0 amide bonds. The number of aromatic nitrogens is 1. The van der Waals surface area contributed by atoms with Crippen LogP contribution in [0, 0.1) is 0 Å². The van der Waals surface area contributed by atoms with E-state index in [1.165, 1.54) is 12.3 Å². The standard InChI is InChI=1S/C15H21NO5/c1-5-6-10-7-11(14(19)20)13(18)16(8-10)9-12(17)21-15(2,3)4/h7-8H,5-6,9H2,1-4H3,(H,19,20). The van der Waals surface area contributed by atoms with Gasteiger partial charge in [0.05, 0.1) is 0 Å². The Morgan fingerprint density at radius 3 is 2.43 bits per heavy atom. The van der Waals surface area contributed by atoms with Crippen molar-refractivity contribution in [2.75, 3.05) is 0 Å². The molecule has 0 unspecified atom stereocenters. The van der Waals surface area contributed by atoms with Gasteiger partial charge in [-0.1, -0.05) is 13.3 Å². The quantitative estimate of drug-likeness (QED) is 0.838. The average Bonchev–Trinajstić information content (AvgIpc) is 2.30. The monoisotopic (exact) mass is 295 g/mol. The van der Waals surface area contributed by atoms with Crippen LogP contribution in [0.25, 0.3) is 0 Å². The lowest BCUT2D eigenvalue weighted by atomic mass is 10.1. The van der Waals surface area contributed by atoms with Crippen LogP contribution < -0.4 is 5.56 Å². The fourth-order valence-corrected chi connectivity index (χ4v) is 1.91. The predicted octanol–water partition coefficient (Wildman–Crippen LogP) is 1.84. The van der Waals surface area contributed by atoms with Gasteiger partial charge < -0.3 is 14.4 Å². The van der Waals surface area contributed by atoms with Gasteiger partial charge in [-0.25, -0.2) is 4.79 Å². The third-order valence-corrected chi connectivity index (χ3v) is 2.63. The zero-order chi connectivity index (χ0) is 16.2. The van der Waals surface area contributed by atoms with Gasteiger partial charge in [-0.05, 0) is 38.8 Å². The highest BCUT2D eigenvalue weighted by molar-refractivity contribution is 5.87. The number of pyridine rings is 1. The molecule has 0 aromatic carbocycles. The van der Waals surface area contributed by atoms with E-state index in [0.29, 0.717) is 12.0 Å². The van der Waals surface area contributed by atoms with Crippen LogP contribution in [0.2, 0.25) is 0 Å². The SMILES string of the molecule is CCCc1cc(C(=O)O)c(=O)n(CC(=O)OC(C)(C)C)c1. The molecule has 6 heteroatoms. The van der Waals surface area contributed by atoms with E-state index >= 15 is 0 Å². The van der Waals surface area contributed by atoms with Gasteiger partial charge in [0.2, 0.25) is 0 Å². The number of ether oxygens (including phenoxy) is 1. The van der Waals surface area contributed by atoms with Crippen LogP contribution in [-0.4, -0.2) is 27.2 Å². The number of hydrogen-bond acceptors (Lipinski definition) is 4. The summed E-state index contributed by atoms with van der Waals surface area (Å²) in [6.07, 6.45) is 2.96. The molecule has 116 valence electrons. The number of hydrogen-bond donors (Lipinski definition) is 1. The number of carbonyl (C=O) groups is 2. The number of rotatable bonds is 5. The Hall–Kier alpha value is -2.11. The summed E-state index contributed by atoms with van der Waals surface area (Å²) in [7, 11) is 0. The normalized spacial score (nSPS) is 11.2. The third kappa shape index (κ3) is 5.06. The fraction of sp³-hybridized carbons (Fsp3) is 0.533. The summed E-state index contributed by atoms with van der Waals surface area (Å²) in [6, 6.07) is 1.36. The first-order chi connectivity index (χ1) is 9.64. The maximum Gasteiger partial charge on any atom is 0.341 e. The molecule has 6 nitrogen and oxygen atoms in total. The molecule has 1 rings (SSSR count). The summed E-state index contributed by atoms with van der Waals surface area (Å²) in [5.74, 6) is -1.87. The van der Waals surface area contributed by atoms with E-state index in [9.17, 15) is 14.4 Å². The maximum atomic E-state index is 12.0. The summed E-state index contributed by atoms with van der Waals surface area (Å²) in [5, 5.41) is 9.07. The number of carboxylic acid groups (broad SMARTS) is 1. The number of carbonyl (C=O) groups excluding carboxylic acids is 1. The van der Waals surface area contributed by atoms with E-state index in [1.807, 2.05) is 6.92 Å². The number of aryl methyl sites for hydroxylation is 1. The van der Waals surface area contributed by atoms with Crippen molar-refractivity contribution in [3.05, 3.63) is 33.7 Å². The van der Waals surface area contributed by atoms with Crippen molar-refractivity contribution in [2.45, 2.75) is 52.7 Å². The molecule has 0 atom stereocenters. The molecule has 0 radical (unpaired) electrons. The Balaban J connectivity index is 3.13. The Bertz CT molecular complexity index is 595. The van der Waals surface area contributed by atoms with Gasteiger partial charge in [0.25, 0.3) is 5.56 Å². The van der Waals surface area contributed by atoms with E-state index < -0.39 is 23.1 Å². The Labute approximate surface area is 123 Å². The molecule has 0 spiro atoms. The van der Waals surface area contributed by atoms with Crippen LogP contribution in [0.5, 0.6) is 0 Å². The van der Waals surface area contributed by atoms with Gasteiger partial charge in [0.15, 0.2) is 0 Å². The van der Waals surface area contributed by atoms with Gasteiger partial charge in [-0.15, -0.1) is 0 Å². The number of aromatic carboxylic acids is 1. The minimum absolute atomic E-state index is 0.298. The molecule has 0 aliphatic heterocycles. The van der Waals surface area contributed by atoms with Gasteiger partial charge >= 0.3 is 11.9 Å². The molecule has 1 aromatic rings. The van der Waals surface area contributed by atoms with Crippen molar-refractivity contribution in [1.82, 2.24) is 4.57 Å². The molecule has 0 aliphatic carbocycles. The van der Waals surface area contributed by atoms with Crippen LogP contribution in [0.15, 0.2) is 17.1 Å². The first kappa shape index (κ1) is 16.9. The number of esters is 1. The van der Waals surface area contributed by atoms with Gasteiger partial charge in [-0.2, -0.15) is 0 Å². The number of nitrogens with zero attached hydrogens (tertiary/aromatic N) is 1. The molecule has 1 heterocycles. The topological polar surface area (TPSA) is 85.6 Å². The predicted molar refractivity (Wildman–Crippen MR) is 77.5 cm³/mol. The lowest BCUT2D eigenvalue weighted by Crippen LogP contribution is -2.32. The van der Waals surface area contributed by atoms with Gasteiger partial charge in [-0.3, -0.25) is 9.59 Å². The molecule has 0 saturated heterocycles. The second kappa shape index (κ2) is 6.56. The fourth-order valence-electron chi connectivity index (χ4n) is 1.91. The first-order valence-corrected chi connectivity index (χ1v) is 6.82. The van der Waals surface area contributed by atoms with E-state index in [4.69, 9.17) is 9.84 Å².